The Kier molecular flexibility index (Phi) is 9.31. The molecule has 5 rings (SSSR count). The molecule has 4 amide bonds. The van der Waals surface area contributed by atoms with Crippen molar-refractivity contribution < 1.29 is 28.7 Å². The van der Waals surface area contributed by atoms with Crippen molar-refractivity contribution in [3.63, 3.8) is 0 Å². The summed E-state index contributed by atoms with van der Waals surface area (Å²) >= 11 is 0. The Labute approximate surface area is 251 Å². The monoisotopic (exact) mass is 595 g/mol. The zero-order valence-electron chi connectivity index (χ0n) is 25.1. The van der Waals surface area contributed by atoms with Crippen LogP contribution < -0.4 is 16.1 Å². The van der Waals surface area contributed by atoms with E-state index >= 15 is 0 Å². The maximum absolute atomic E-state index is 13.7. The molecule has 43 heavy (non-hydrogen) atoms. The van der Waals surface area contributed by atoms with Gasteiger partial charge in [0.1, 0.15) is 5.60 Å². The molecule has 13 nitrogen and oxygen atoms in total. The van der Waals surface area contributed by atoms with Gasteiger partial charge in [-0.15, -0.1) is 0 Å². The number of morpholine rings is 1. The van der Waals surface area contributed by atoms with Crippen molar-refractivity contribution in [2.45, 2.75) is 64.4 Å². The van der Waals surface area contributed by atoms with Crippen molar-refractivity contribution in [3.05, 3.63) is 35.0 Å². The molecule has 13 heteroatoms. The van der Waals surface area contributed by atoms with Crippen molar-refractivity contribution in [1.82, 2.24) is 30.8 Å². The number of unbranched alkanes of at least 4 members (excludes halogenated alkanes) is 1. The number of aromatic nitrogens is 2. The van der Waals surface area contributed by atoms with Gasteiger partial charge in [0.2, 0.25) is 5.91 Å². The SMILES string of the molecule is CC(C)(C)OC(=O)NCCCCC(=O)N1CCC(c2n[nH]c3c2C(=O)c2c(NC(=O)NN4CCOCC4)cccc2-3)CC1. The third kappa shape index (κ3) is 7.34. The summed E-state index contributed by atoms with van der Waals surface area (Å²) in [5.74, 6) is -0.0200. The van der Waals surface area contributed by atoms with Gasteiger partial charge in [0, 0.05) is 50.6 Å². The number of rotatable bonds is 8. The zero-order valence-corrected chi connectivity index (χ0v) is 25.1. The van der Waals surface area contributed by atoms with Crippen LogP contribution in [0.25, 0.3) is 11.3 Å². The van der Waals surface area contributed by atoms with Crippen LogP contribution in [0, 0.1) is 0 Å². The third-order valence-electron chi connectivity index (χ3n) is 7.82. The number of piperidine rings is 1. The van der Waals surface area contributed by atoms with Crippen molar-refractivity contribution in [2.75, 3.05) is 51.3 Å². The van der Waals surface area contributed by atoms with E-state index < -0.39 is 17.7 Å². The second kappa shape index (κ2) is 13.1. The minimum atomic E-state index is -0.541. The highest BCUT2D eigenvalue weighted by Crippen LogP contribution is 2.43. The predicted octanol–water partition coefficient (Wildman–Crippen LogP) is 3.39. The second-order valence-corrected chi connectivity index (χ2v) is 12.1. The number of benzene rings is 1. The first-order valence-corrected chi connectivity index (χ1v) is 15.0. The number of urea groups is 1. The average molecular weight is 596 g/mol. The first-order valence-electron chi connectivity index (χ1n) is 15.0. The number of nitrogens with zero attached hydrogens (tertiary/aromatic N) is 3. The Morgan fingerprint density at radius 1 is 1.07 bits per heavy atom. The Morgan fingerprint density at radius 2 is 1.81 bits per heavy atom. The van der Waals surface area contributed by atoms with E-state index in [0.717, 1.165) is 11.3 Å². The Morgan fingerprint density at radius 3 is 2.53 bits per heavy atom. The molecule has 2 aromatic rings. The van der Waals surface area contributed by atoms with Gasteiger partial charge < -0.3 is 25.0 Å². The number of hydrazine groups is 1. The van der Waals surface area contributed by atoms with Gasteiger partial charge in [-0.05, 0) is 52.5 Å². The minimum absolute atomic E-state index is 0.0429. The molecule has 2 fully saturated rings. The molecule has 2 saturated heterocycles. The zero-order chi connectivity index (χ0) is 30.6. The fraction of sp³-hybridized carbons (Fsp3) is 0.567. The molecule has 1 aromatic carbocycles. The summed E-state index contributed by atoms with van der Waals surface area (Å²) < 4.78 is 10.5. The van der Waals surface area contributed by atoms with E-state index in [1.54, 1.807) is 11.1 Å². The largest absolute Gasteiger partial charge is 0.444 e. The van der Waals surface area contributed by atoms with Gasteiger partial charge in [0.15, 0.2) is 5.78 Å². The molecule has 1 aromatic heterocycles. The number of hydrogen-bond donors (Lipinski definition) is 4. The van der Waals surface area contributed by atoms with Crippen LogP contribution in [0.4, 0.5) is 15.3 Å². The highest BCUT2D eigenvalue weighted by atomic mass is 16.6. The number of nitrogens with one attached hydrogen (secondary N) is 4. The summed E-state index contributed by atoms with van der Waals surface area (Å²) in [5.41, 5.74) is 5.85. The molecule has 3 aliphatic rings. The number of ketones is 1. The van der Waals surface area contributed by atoms with E-state index in [1.807, 2.05) is 37.8 Å². The van der Waals surface area contributed by atoms with Crippen LogP contribution in [0.3, 0.4) is 0 Å². The molecule has 232 valence electrons. The standard InChI is InChI=1S/C30H41N7O6/c1-30(2,3)43-29(41)31-12-5-4-9-22(38)36-13-10-19(11-14-36)25-24-26(34-33-25)20-7-6-8-21(23(20)27(24)39)32-28(40)35-37-15-17-42-18-16-37/h6-8,19H,4-5,9-18H2,1-3H3,(H,31,41)(H,33,34)(H2,32,35,40). The van der Waals surface area contributed by atoms with Gasteiger partial charge in [0.05, 0.1) is 41.4 Å². The highest BCUT2D eigenvalue weighted by molar-refractivity contribution is 6.25. The van der Waals surface area contributed by atoms with Gasteiger partial charge in [0.25, 0.3) is 0 Å². The maximum atomic E-state index is 13.7. The number of fused-ring (bicyclic) bond motifs is 3. The van der Waals surface area contributed by atoms with Crippen LogP contribution in [0.1, 0.15) is 80.4 Å². The fourth-order valence-corrected chi connectivity index (χ4v) is 5.75. The van der Waals surface area contributed by atoms with E-state index in [-0.39, 0.29) is 17.6 Å². The molecule has 0 spiro atoms. The number of alkyl carbamates (subject to hydrolysis) is 1. The lowest BCUT2D eigenvalue weighted by Gasteiger charge is -2.31. The summed E-state index contributed by atoms with van der Waals surface area (Å²) in [4.78, 5) is 52.8. The molecule has 0 atom stereocenters. The van der Waals surface area contributed by atoms with Gasteiger partial charge in [-0.2, -0.15) is 5.10 Å². The predicted molar refractivity (Wildman–Crippen MR) is 159 cm³/mol. The lowest BCUT2D eigenvalue weighted by molar-refractivity contribution is -0.132. The van der Waals surface area contributed by atoms with Crippen LogP contribution in [-0.4, -0.2) is 95.5 Å². The number of carbonyl (C=O) groups excluding carboxylic acids is 4. The first-order chi connectivity index (χ1) is 20.6. The van der Waals surface area contributed by atoms with Crippen LogP contribution in [-0.2, 0) is 14.3 Å². The van der Waals surface area contributed by atoms with Crippen molar-refractivity contribution >= 4 is 29.5 Å². The van der Waals surface area contributed by atoms with E-state index in [0.29, 0.717) is 101 Å². The summed E-state index contributed by atoms with van der Waals surface area (Å²) in [7, 11) is 0. The second-order valence-electron chi connectivity index (χ2n) is 12.1. The molecular formula is C30H41N7O6. The van der Waals surface area contributed by atoms with Crippen molar-refractivity contribution in [2.24, 2.45) is 0 Å². The van der Waals surface area contributed by atoms with Gasteiger partial charge in [-0.3, -0.25) is 20.1 Å². The Hall–Kier alpha value is -3.97. The van der Waals surface area contributed by atoms with E-state index in [1.165, 1.54) is 0 Å². The molecule has 2 aliphatic heterocycles. The average Bonchev–Trinajstić information content (AvgIpc) is 3.52. The molecule has 0 unspecified atom stereocenters. The van der Waals surface area contributed by atoms with Crippen LogP contribution >= 0.6 is 0 Å². The Balaban J connectivity index is 1.12. The number of amides is 4. The van der Waals surface area contributed by atoms with Crippen LogP contribution in [0.2, 0.25) is 0 Å². The maximum Gasteiger partial charge on any atom is 0.407 e. The minimum Gasteiger partial charge on any atom is -0.444 e. The molecule has 3 heterocycles. The lowest BCUT2D eigenvalue weighted by Crippen LogP contribution is -2.49. The number of anilines is 1. The quantitative estimate of drug-likeness (QED) is 0.289. The molecular weight excluding hydrogens is 554 g/mol. The molecule has 4 N–H and O–H groups in total. The lowest BCUT2D eigenvalue weighted by atomic mass is 9.90. The van der Waals surface area contributed by atoms with Crippen LogP contribution in [0.5, 0.6) is 0 Å². The summed E-state index contributed by atoms with van der Waals surface area (Å²) in [6, 6.07) is 4.99. The summed E-state index contributed by atoms with van der Waals surface area (Å²) in [5, 5.41) is 15.0. The van der Waals surface area contributed by atoms with Gasteiger partial charge in [-0.1, -0.05) is 12.1 Å². The number of ether oxygens (including phenoxy) is 2. The third-order valence-corrected chi connectivity index (χ3v) is 7.82. The highest BCUT2D eigenvalue weighted by Gasteiger charge is 2.38. The number of aromatic amines is 1. The summed E-state index contributed by atoms with van der Waals surface area (Å²) in [6.45, 7) is 9.37. The smallest absolute Gasteiger partial charge is 0.407 e. The van der Waals surface area contributed by atoms with E-state index in [2.05, 4.69) is 26.3 Å². The molecule has 0 bridgehead atoms. The Bertz CT molecular complexity index is 1350. The summed E-state index contributed by atoms with van der Waals surface area (Å²) in [6.07, 6.45) is 2.75. The van der Waals surface area contributed by atoms with Crippen molar-refractivity contribution in [1.29, 1.82) is 0 Å². The number of carbonyl (C=O) groups is 4. The first kappa shape index (κ1) is 30.5. The van der Waals surface area contributed by atoms with Gasteiger partial charge in [-0.25, -0.2) is 14.6 Å². The van der Waals surface area contributed by atoms with Crippen LogP contribution in [0.15, 0.2) is 18.2 Å². The molecule has 0 saturated carbocycles. The number of hydrogen-bond acceptors (Lipinski definition) is 8. The normalized spacial score (nSPS) is 17.3. The van der Waals surface area contributed by atoms with Gasteiger partial charge >= 0.3 is 12.1 Å². The number of likely N-dealkylation sites (tertiary alicyclic amines) is 1. The topological polar surface area (TPSA) is 158 Å². The molecule has 1 aliphatic carbocycles. The van der Waals surface area contributed by atoms with Crippen molar-refractivity contribution in [3.8, 4) is 11.3 Å². The fourth-order valence-electron chi connectivity index (χ4n) is 5.75. The van der Waals surface area contributed by atoms with E-state index in [9.17, 15) is 19.2 Å². The molecule has 0 radical (unpaired) electrons. The number of H-pyrrole nitrogens is 1. The van der Waals surface area contributed by atoms with E-state index in [4.69, 9.17) is 9.47 Å².